The first-order chi connectivity index (χ1) is 14.6. The Hall–Kier alpha value is -2.86. The summed E-state index contributed by atoms with van der Waals surface area (Å²) in [6.45, 7) is 0. The number of nitrogens with zero attached hydrogens (tertiary/aromatic N) is 1. The van der Waals surface area contributed by atoms with Gasteiger partial charge < -0.3 is 16.0 Å². The van der Waals surface area contributed by atoms with Crippen molar-refractivity contribution in [3.8, 4) is 0 Å². The van der Waals surface area contributed by atoms with Crippen LogP contribution in [0.15, 0.2) is 53.3 Å². The number of para-hydroxylation sites is 2. The molecule has 156 valence electrons. The first-order valence-electron chi connectivity index (χ1n) is 10.9. The van der Waals surface area contributed by atoms with Gasteiger partial charge in [-0.05, 0) is 61.8 Å². The predicted molar refractivity (Wildman–Crippen MR) is 117 cm³/mol. The van der Waals surface area contributed by atoms with Crippen molar-refractivity contribution < 1.29 is 4.79 Å². The molecule has 0 bridgehead atoms. The molecule has 5 rings (SSSR count). The minimum Gasteiger partial charge on any atom is -0.369 e. The van der Waals surface area contributed by atoms with Crippen LogP contribution in [0.2, 0.25) is 0 Å². The van der Waals surface area contributed by atoms with Crippen LogP contribution < -0.4 is 16.7 Å². The van der Waals surface area contributed by atoms with Crippen molar-refractivity contribution in [3.63, 3.8) is 0 Å². The third kappa shape index (κ3) is 3.35. The summed E-state index contributed by atoms with van der Waals surface area (Å²) in [6, 6.07) is 16.6. The molecule has 1 aromatic heterocycles. The number of hydrogen-bond acceptors (Lipinski definition) is 3. The highest BCUT2D eigenvalue weighted by Gasteiger charge is 2.37. The maximum absolute atomic E-state index is 12.6. The third-order valence-electron chi connectivity index (χ3n) is 6.96. The number of primary amides is 1. The van der Waals surface area contributed by atoms with E-state index in [9.17, 15) is 9.59 Å². The molecule has 3 aromatic rings. The van der Waals surface area contributed by atoms with E-state index in [0.29, 0.717) is 6.42 Å². The van der Waals surface area contributed by atoms with Crippen molar-refractivity contribution in [1.29, 1.82) is 0 Å². The summed E-state index contributed by atoms with van der Waals surface area (Å²) in [5.74, 6) is -0.576. The van der Waals surface area contributed by atoms with Gasteiger partial charge >= 0.3 is 5.69 Å². The molecule has 6 heteroatoms. The van der Waals surface area contributed by atoms with Crippen molar-refractivity contribution in [2.45, 2.75) is 56.7 Å². The number of aromatic nitrogens is 2. The zero-order chi connectivity index (χ0) is 20.7. The lowest BCUT2D eigenvalue weighted by atomic mass is 9.79. The van der Waals surface area contributed by atoms with E-state index < -0.39 is 0 Å². The van der Waals surface area contributed by atoms with Crippen molar-refractivity contribution in [3.05, 3.63) is 70.1 Å². The number of carbonyl (C=O) groups is 1. The van der Waals surface area contributed by atoms with Crippen LogP contribution in [0.25, 0.3) is 11.0 Å². The summed E-state index contributed by atoms with van der Waals surface area (Å²) in [5.41, 5.74) is 10.2. The molecule has 4 atom stereocenters. The minimum atomic E-state index is -0.293. The number of nitrogens with two attached hydrogens (primary N) is 1. The predicted octanol–water partition coefficient (Wildman–Crippen LogP) is 3.19. The Bertz CT molecular complexity index is 1130. The molecule has 0 spiro atoms. The first kappa shape index (κ1) is 19.1. The van der Waals surface area contributed by atoms with Gasteiger partial charge in [-0.3, -0.25) is 9.36 Å². The highest BCUT2D eigenvalue weighted by molar-refractivity contribution is 5.78. The molecular weight excluding hydrogens is 376 g/mol. The molecule has 4 unspecified atom stereocenters. The van der Waals surface area contributed by atoms with Crippen LogP contribution in [-0.2, 0) is 11.2 Å². The second-order valence-electron chi connectivity index (χ2n) is 8.71. The molecule has 2 aliphatic rings. The van der Waals surface area contributed by atoms with E-state index in [1.54, 1.807) is 0 Å². The van der Waals surface area contributed by atoms with Crippen LogP contribution >= 0.6 is 0 Å². The number of nitrogens with one attached hydrogen (secondary N) is 2. The van der Waals surface area contributed by atoms with Gasteiger partial charge in [-0.25, -0.2) is 4.79 Å². The Morgan fingerprint density at radius 2 is 1.87 bits per heavy atom. The SMILES string of the molecule is NC(=O)C1CC(n2c(=O)[nH]c3ccccc32)CCC1NC1CCCc2ccccc21. The fraction of sp³-hybridized carbons (Fsp3) is 0.417. The molecule has 0 saturated heterocycles. The molecule has 1 saturated carbocycles. The summed E-state index contributed by atoms with van der Waals surface area (Å²) in [5, 5.41) is 3.77. The van der Waals surface area contributed by atoms with Crippen LogP contribution in [0.4, 0.5) is 0 Å². The Morgan fingerprint density at radius 3 is 2.73 bits per heavy atom. The number of fused-ring (bicyclic) bond motifs is 2. The Morgan fingerprint density at radius 1 is 1.07 bits per heavy atom. The average Bonchev–Trinajstić information content (AvgIpc) is 3.10. The minimum absolute atomic E-state index is 0.0251. The normalized spacial score (nSPS) is 26.4. The second kappa shape index (κ2) is 7.76. The number of aromatic amines is 1. The fourth-order valence-electron chi connectivity index (χ4n) is 5.52. The van der Waals surface area contributed by atoms with E-state index in [1.807, 2.05) is 28.8 Å². The smallest absolute Gasteiger partial charge is 0.326 e. The molecular formula is C24H28N4O2. The second-order valence-corrected chi connectivity index (χ2v) is 8.71. The van der Waals surface area contributed by atoms with Gasteiger partial charge in [-0.1, -0.05) is 36.4 Å². The van der Waals surface area contributed by atoms with Crippen LogP contribution in [0.5, 0.6) is 0 Å². The van der Waals surface area contributed by atoms with E-state index in [4.69, 9.17) is 5.73 Å². The van der Waals surface area contributed by atoms with Gasteiger partial charge in [0.05, 0.1) is 17.0 Å². The Balaban J connectivity index is 1.39. The van der Waals surface area contributed by atoms with Crippen LogP contribution in [0.1, 0.15) is 55.3 Å². The molecule has 0 aliphatic heterocycles. The quantitative estimate of drug-likeness (QED) is 0.623. The standard InChI is InChI=1S/C24H28N4O2/c25-23(29)18-14-16(28-22-11-4-3-9-21(22)27-24(28)30)12-13-20(18)26-19-10-5-7-15-6-1-2-8-17(15)19/h1-4,6,8-9,11,16,18-20,26H,5,7,10,12-14H2,(H2,25,29)(H,27,30). The zero-order valence-corrected chi connectivity index (χ0v) is 17.0. The number of aryl methyl sites for hydroxylation is 1. The summed E-state index contributed by atoms with van der Waals surface area (Å²) >= 11 is 0. The number of hydrogen-bond donors (Lipinski definition) is 3. The lowest BCUT2D eigenvalue weighted by molar-refractivity contribution is -0.124. The van der Waals surface area contributed by atoms with E-state index >= 15 is 0 Å². The van der Waals surface area contributed by atoms with Crippen LogP contribution in [-0.4, -0.2) is 21.5 Å². The summed E-state index contributed by atoms with van der Waals surface area (Å²) in [6.07, 6.45) is 5.59. The van der Waals surface area contributed by atoms with Crippen LogP contribution in [0, 0.1) is 5.92 Å². The molecule has 1 amide bonds. The van der Waals surface area contributed by atoms with Gasteiger partial charge in [0.2, 0.25) is 5.91 Å². The summed E-state index contributed by atoms with van der Waals surface area (Å²) in [4.78, 5) is 28.0. The lowest BCUT2D eigenvalue weighted by Crippen LogP contribution is -2.48. The van der Waals surface area contributed by atoms with E-state index in [0.717, 1.165) is 43.1 Å². The number of rotatable bonds is 4. The number of imidazole rings is 1. The van der Waals surface area contributed by atoms with E-state index in [1.165, 1.54) is 11.1 Å². The first-order valence-corrected chi connectivity index (χ1v) is 10.9. The highest BCUT2D eigenvalue weighted by atomic mass is 16.1. The number of benzene rings is 2. The maximum atomic E-state index is 12.6. The van der Waals surface area contributed by atoms with Crippen LogP contribution in [0.3, 0.4) is 0 Å². The van der Waals surface area contributed by atoms with Crippen molar-refractivity contribution >= 4 is 16.9 Å². The lowest BCUT2D eigenvalue weighted by Gasteiger charge is -2.39. The number of H-pyrrole nitrogens is 1. The zero-order valence-electron chi connectivity index (χ0n) is 17.0. The highest BCUT2D eigenvalue weighted by Crippen LogP contribution is 2.37. The molecule has 2 aliphatic carbocycles. The van der Waals surface area contributed by atoms with Gasteiger partial charge in [0.25, 0.3) is 0 Å². The molecule has 0 radical (unpaired) electrons. The van der Waals surface area contributed by atoms with Gasteiger partial charge in [-0.2, -0.15) is 0 Å². The average molecular weight is 405 g/mol. The summed E-state index contributed by atoms with van der Waals surface area (Å²) < 4.78 is 1.82. The topological polar surface area (TPSA) is 92.9 Å². The van der Waals surface area contributed by atoms with Crippen molar-refractivity contribution in [1.82, 2.24) is 14.9 Å². The largest absolute Gasteiger partial charge is 0.369 e. The van der Waals surface area contributed by atoms with Crippen molar-refractivity contribution in [2.75, 3.05) is 0 Å². The maximum Gasteiger partial charge on any atom is 0.326 e. The third-order valence-corrected chi connectivity index (χ3v) is 6.96. The van der Waals surface area contributed by atoms with E-state index in [2.05, 4.69) is 34.6 Å². The summed E-state index contributed by atoms with van der Waals surface area (Å²) in [7, 11) is 0. The molecule has 2 aromatic carbocycles. The van der Waals surface area contributed by atoms with Crippen molar-refractivity contribution in [2.24, 2.45) is 11.7 Å². The van der Waals surface area contributed by atoms with Gasteiger partial charge in [0.15, 0.2) is 0 Å². The Labute approximate surface area is 175 Å². The number of carbonyl (C=O) groups excluding carboxylic acids is 1. The monoisotopic (exact) mass is 404 g/mol. The molecule has 30 heavy (non-hydrogen) atoms. The number of amides is 1. The van der Waals surface area contributed by atoms with Gasteiger partial charge in [0, 0.05) is 18.1 Å². The Kier molecular flexibility index (Phi) is 4.95. The van der Waals surface area contributed by atoms with E-state index in [-0.39, 0.29) is 35.6 Å². The van der Waals surface area contributed by atoms with Gasteiger partial charge in [-0.15, -0.1) is 0 Å². The molecule has 6 nitrogen and oxygen atoms in total. The fourth-order valence-corrected chi connectivity index (χ4v) is 5.52. The molecule has 1 heterocycles. The van der Waals surface area contributed by atoms with Gasteiger partial charge in [0.1, 0.15) is 0 Å². The molecule has 4 N–H and O–H groups in total. The molecule has 1 fully saturated rings.